The molecule has 7 aromatic heterocycles. The zero-order valence-corrected chi connectivity index (χ0v) is 73.0. The van der Waals surface area contributed by atoms with Gasteiger partial charge >= 0.3 is 63.3 Å². The number of ketones is 6. The summed E-state index contributed by atoms with van der Waals surface area (Å²) < 4.78 is 23.7. The molecule has 33 heteroatoms. The fraction of sp³-hybridized carbons (Fsp3) is 0.180. The fourth-order valence-electron chi connectivity index (χ4n) is 11.0. The first-order chi connectivity index (χ1) is 58.7. The third kappa shape index (κ3) is 31.7. The van der Waals surface area contributed by atoms with Crippen molar-refractivity contribution in [3.8, 4) is 33.4 Å². The van der Waals surface area contributed by atoms with E-state index in [1.807, 2.05) is 126 Å². The van der Waals surface area contributed by atoms with Crippen LogP contribution >= 0.6 is 34.8 Å². The molecule has 0 unspecified atom stereocenters. The number of nitrogens with zero attached hydrogens (tertiary/aromatic N) is 12. The van der Waals surface area contributed by atoms with Crippen molar-refractivity contribution in [2.75, 3.05) is 20.4 Å². The van der Waals surface area contributed by atoms with Crippen LogP contribution in [0.3, 0.4) is 0 Å². The summed E-state index contributed by atoms with van der Waals surface area (Å²) in [5.41, 5.74) is 15.5. The number of alkyl halides is 1. The minimum absolute atomic E-state index is 0. The number of aliphatic carboxylic acids is 1. The number of aromatic carboxylic acids is 2. The number of ether oxygens (including phenoxy) is 1. The quantitative estimate of drug-likeness (QED) is 0.0222. The van der Waals surface area contributed by atoms with Gasteiger partial charge in [-0.15, -0.1) is 0 Å². The molecule has 6 aromatic carbocycles. The number of pyridine rings is 2. The third-order valence-corrected chi connectivity index (χ3v) is 17.2. The van der Waals surface area contributed by atoms with Gasteiger partial charge in [0.2, 0.25) is 16.6 Å². The average molecular weight is 1740 g/mol. The molecule has 13 aromatic rings. The summed E-state index contributed by atoms with van der Waals surface area (Å²) in [4.78, 5) is 161. The molecule has 122 heavy (non-hydrogen) atoms. The molecule has 0 aliphatic carbocycles. The standard InChI is InChI=1S/C22H17N3O2.C21H15N3O3.C13H13N.C10H9ClN2O2.C8H7ClN2O2.C5H3ClN2O2.C4H6O3.C4H8O.CH3F.CH4.K/c1-15(26)19-14-25(22-20(21(19)27)23-11-12-24-22)13-17-9-5-6-10-18(17)16-7-3-2-4-8-16;25-19-17(21(26)27)13-24(20-18(19)22-10-11-23-20)12-15-8-4-5-9-16(15)14-6-2-1-3-7-14;14-10-12-8-4-5-9-13(12)11-6-2-1-3-7-11;1-3-7(6(2)14)9(15)8-10(11)13-5-4-12-8;1-5(12)4-6(13)7-8(9)11-3-2-10-7;6-4-3(5(9)10)7-1-2-8-4;1-3(5)2-4(6)7;1-2-4-5-3-1;1-2;;/h2-12,14H,13H2,1H3;1-11,13H,12H2,(H,26,27);1-9H,10,14H2;3-5H,1-2H3;2-3H,4H2,1H3;1-2H,(H,9,10);2H2,1H3,(H,6,7);1-4H2;1H3;1H4;/q;;;;;;;;;;+1/p-1/i;;;;;;;;;1D;. The Bertz CT molecular complexity index is 5670. The van der Waals surface area contributed by atoms with Crippen LogP contribution in [0, 0.1) is 0 Å². The summed E-state index contributed by atoms with van der Waals surface area (Å²) in [6, 6.07) is 54.5. The van der Waals surface area contributed by atoms with Gasteiger partial charge in [0.15, 0.2) is 60.8 Å². The summed E-state index contributed by atoms with van der Waals surface area (Å²) in [5.74, 6) is -5.84. The summed E-state index contributed by atoms with van der Waals surface area (Å²) >= 11 is 16.7. The van der Waals surface area contributed by atoms with Crippen LogP contribution < -0.4 is 73.1 Å². The Hall–Kier alpha value is -12.3. The Kier molecular flexibility index (Phi) is 44.4. The molecular formula is C89H84Cl3FKN13O15. The fourth-order valence-corrected chi connectivity index (χ4v) is 11.6. The van der Waals surface area contributed by atoms with Crippen LogP contribution in [0.4, 0.5) is 4.39 Å². The van der Waals surface area contributed by atoms with Crippen LogP contribution in [-0.4, -0.2) is 142 Å². The summed E-state index contributed by atoms with van der Waals surface area (Å²) in [6.07, 6.45) is 20.2. The van der Waals surface area contributed by atoms with Gasteiger partial charge in [0.1, 0.15) is 28.5 Å². The Morgan fingerprint density at radius 2 is 0.828 bits per heavy atom. The molecule has 0 atom stereocenters. The number of carbonyl (C=O) groups excluding carboxylic acids is 7. The van der Waals surface area contributed by atoms with Gasteiger partial charge in [-0.25, -0.2) is 59.4 Å². The van der Waals surface area contributed by atoms with Crippen molar-refractivity contribution in [2.45, 2.75) is 87.3 Å². The van der Waals surface area contributed by atoms with Crippen molar-refractivity contribution < 1.29 is 120 Å². The van der Waals surface area contributed by atoms with E-state index >= 15 is 0 Å². The first-order valence-corrected chi connectivity index (χ1v) is 37.4. The number of hydrogen-bond acceptors (Lipinski definition) is 24. The van der Waals surface area contributed by atoms with Crippen LogP contribution in [0.1, 0.15) is 138 Å². The number of carboxylic acid groups (broad SMARTS) is 3. The smallest absolute Gasteiger partial charge is 0.550 e. The van der Waals surface area contributed by atoms with E-state index in [9.17, 15) is 67.3 Å². The maximum absolute atomic E-state index is 12.5. The predicted molar refractivity (Wildman–Crippen MR) is 457 cm³/mol. The van der Waals surface area contributed by atoms with E-state index in [0.29, 0.717) is 38.1 Å². The monoisotopic (exact) mass is 1740 g/mol. The Labute approximate surface area is 760 Å². The zero-order valence-electron chi connectivity index (χ0n) is 68.6. The SMILES string of the molecule is C1CCOC1.CC(=O)CC(=O)[O-].CC(=O)CC(=O)c1nccnc1Cl.CC(=O)c1cn(Cc2ccccc2-c2ccccc2)c2nccnc2c1=O.CC=C(C(C)=O)C(=O)c1nccnc1Cl.CF.NCc1ccccc1-c1ccccc1.O=C(O)c1cn(Cc2ccccc2-c2ccccc2)c2nccnc2c1=O.O=C(O)c1nccnc1Cl.[2H]C.[K+]. The maximum atomic E-state index is 12.5. The van der Waals surface area contributed by atoms with Crippen LogP contribution in [0.25, 0.3) is 55.7 Å². The number of benzene rings is 6. The number of halogens is 4. The van der Waals surface area contributed by atoms with E-state index in [1.54, 1.807) is 23.9 Å². The van der Waals surface area contributed by atoms with Crippen LogP contribution in [0.5, 0.6) is 0 Å². The summed E-state index contributed by atoms with van der Waals surface area (Å²) in [5, 5.41) is 27.2. The van der Waals surface area contributed by atoms with Crippen molar-refractivity contribution in [2.24, 2.45) is 5.73 Å². The number of aromatic nitrogens is 12. The molecule has 8 heterocycles. The van der Waals surface area contributed by atoms with E-state index in [-0.39, 0.29) is 147 Å². The zero-order chi connectivity index (χ0) is 89.6. The Morgan fingerprint density at radius 1 is 0.484 bits per heavy atom. The second-order valence-corrected chi connectivity index (χ2v) is 26.0. The second-order valence-electron chi connectivity index (χ2n) is 24.9. The largest absolute Gasteiger partial charge is 1.00 e. The number of carboxylic acids is 3. The maximum Gasteiger partial charge on any atom is 1.00 e. The molecule has 1 aliphatic heterocycles. The second kappa shape index (κ2) is 54.0. The van der Waals surface area contributed by atoms with E-state index < -0.39 is 41.3 Å². The van der Waals surface area contributed by atoms with Crippen molar-refractivity contribution in [1.29, 1.82) is 0 Å². The van der Waals surface area contributed by atoms with Gasteiger partial charge in [0, 0.05) is 121 Å². The summed E-state index contributed by atoms with van der Waals surface area (Å²) in [6.45, 7) is 10.3. The molecule has 14 rings (SSSR count). The number of hydrogen-bond donors (Lipinski definition) is 3. The number of nitrogens with two attached hydrogens (primary N) is 1. The third-order valence-electron chi connectivity index (χ3n) is 16.4. The van der Waals surface area contributed by atoms with Crippen molar-refractivity contribution in [3.63, 3.8) is 0 Å². The van der Waals surface area contributed by atoms with E-state index in [1.165, 1.54) is 133 Å². The van der Waals surface area contributed by atoms with Gasteiger partial charge in [-0.05, 0) is 97.5 Å². The molecule has 1 aliphatic rings. The normalized spacial score (nSPS) is 10.7. The molecule has 0 radical (unpaired) electrons. The molecule has 0 spiro atoms. The predicted octanol–water partition coefficient (Wildman–Crippen LogP) is 11.4. The number of fused-ring (bicyclic) bond motifs is 2. The molecule has 0 amide bonds. The molecule has 0 saturated carbocycles. The Morgan fingerprint density at radius 3 is 1.16 bits per heavy atom. The molecule has 0 bridgehead atoms. The molecule has 624 valence electrons. The molecule has 4 N–H and O–H groups in total. The first kappa shape index (κ1) is 100. The molecule has 28 nitrogen and oxygen atoms in total. The van der Waals surface area contributed by atoms with Crippen LogP contribution in [-0.2, 0) is 43.5 Å². The van der Waals surface area contributed by atoms with Crippen LogP contribution in [0.2, 0.25) is 15.5 Å². The Balaban J connectivity index is 0.000000307. The van der Waals surface area contributed by atoms with Gasteiger partial charge in [0.25, 0.3) is 0 Å². The molecular weight excluding hydrogens is 1660 g/mol. The van der Waals surface area contributed by atoms with Gasteiger partial charge in [-0.1, -0.05) is 212 Å². The average Bonchev–Trinajstić information content (AvgIpc) is 1.29. The van der Waals surface area contributed by atoms with Gasteiger partial charge in [-0.3, -0.25) is 42.7 Å². The van der Waals surface area contributed by atoms with Crippen molar-refractivity contribution >= 4 is 110 Å². The van der Waals surface area contributed by atoms with Gasteiger partial charge < -0.3 is 39.7 Å². The number of allylic oxidation sites excluding steroid dienone is 2. The van der Waals surface area contributed by atoms with Crippen molar-refractivity contribution in [1.82, 2.24) is 59.0 Å². The minimum atomic E-state index is -1.31. The van der Waals surface area contributed by atoms with Gasteiger partial charge in [0.05, 0.1) is 24.7 Å². The van der Waals surface area contributed by atoms with E-state index in [4.69, 9.17) is 51.8 Å². The summed E-state index contributed by atoms with van der Waals surface area (Å²) in [7, 11) is 1.75. The number of Topliss-reactive ketones (excluding diaryl/α,β-unsaturated/α-hetero) is 6. The topological polar surface area (TPSA) is 425 Å². The minimum Gasteiger partial charge on any atom is -0.550 e. The molecule has 1 fully saturated rings. The first-order valence-electron chi connectivity index (χ1n) is 37.3. The van der Waals surface area contributed by atoms with E-state index in [0.717, 1.165) is 46.6 Å². The number of rotatable bonds is 19. The van der Waals surface area contributed by atoms with E-state index in [2.05, 4.69) is 92.3 Å². The van der Waals surface area contributed by atoms with Crippen LogP contribution in [0.15, 0.2) is 259 Å². The molecule has 1 saturated heterocycles. The van der Waals surface area contributed by atoms with Crippen molar-refractivity contribution in [3.05, 3.63) is 331 Å². The number of carbonyl (C=O) groups is 9. The van der Waals surface area contributed by atoms with Gasteiger partial charge in [-0.2, -0.15) is 0 Å².